The van der Waals surface area contributed by atoms with Crippen molar-refractivity contribution in [2.45, 2.75) is 235 Å². The maximum Gasteiger partial charge on any atom is 0.100 e. The largest absolute Gasteiger partial charge is 0.394 e. The van der Waals surface area contributed by atoms with Gasteiger partial charge in [-0.25, -0.2) is 0 Å². The zero-order valence-corrected chi connectivity index (χ0v) is 57.5. The number of hydrogen-bond donors (Lipinski definition) is 33. The highest BCUT2D eigenvalue weighted by Gasteiger charge is 2.01. The van der Waals surface area contributed by atoms with Crippen LogP contribution in [0.2, 0.25) is 0 Å². The first kappa shape index (κ1) is 121. The molecule has 0 atom stereocenters. The third-order valence-electron chi connectivity index (χ3n) is 10.9. The molecule has 0 saturated heterocycles. The lowest BCUT2D eigenvalue weighted by atomic mass is 10.1. The molecule has 0 aliphatic carbocycles. The summed E-state index contributed by atoms with van der Waals surface area (Å²) in [6, 6.07) is 0. The minimum Gasteiger partial charge on any atom is -0.394 e. The Morgan fingerprint density at radius 3 is 0.305 bits per heavy atom. The molecule has 95 heavy (non-hydrogen) atoms. The van der Waals surface area contributed by atoms with Crippen LogP contribution in [-0.2, 0) is 4.74 Å². The molecule has 0 bridgehead atoms. The third kappa shape index (κ3) is 162. The second kappa shape index (κ2) is 120. The predicted molar refractivity (Wildman–Crippen MR) is 355 cm³/mol. The summed E-state index contributed by atoms with van der Waals surface area (Å²) in [5, 5.41) is 264. The van der Waals surface area contributed by atoms with Gasteiger partial charge in [0.2, 0.25) is 0 Å². The quantitative estimate of drug-likeness (QED) is 0.0252. The Morgan fingerprint density at radius 2 is 0.232 bits per heavy atom. The van der Waals surface area contributed by atoms with E-state index < -0.39 is 67.1 Å². The van der Waals surface area contributed by atoms with Gasteiger partial charge in [0.25, 0.3) is 0 Å². The summed E-state index contributed by atoms with van der Waals surface area (Å²) < 4.78 is 5.82. The van der Waals surface area contributed by atoms with Crippen molar-refractivity contribution in [3.63, 3.8) is 0 Å². The Hall–Kier alpha value is -1.36. The minimum atomic E-state index is -0.954. The van der Waals surface area contributed by atoms with E-state index >= 15 is 0 Å². The first-order valence-corrected chi connectivity index (χ1v) is 32.8. The number of unbranched alkanes of at least 4 members (excludes halogenated alkanes) is 22. The monoisotopic (exact) mass is 1420 g/mol. The standard InChI is InChI=1S/C28H58O.11C3H8O3/c1-3-5-7-9-11-13-15-17-19-21-23-25-27-29-28-26-24-22-20-18-16-14-12-10-8-6-4-2;11*4-1-3(6)2-5/h3-28H2,1-2H3;11*3-6H,1-2H2. The van der Waals surface area contributed by atoms with Crippen LogP contribution in [0, 0.1) is 0 Å². The number of aliphatic hydroxyl groups excluding tert-OH is 33. The summed E-state index contributed by atoms with van der Waals surface area (Å²) in [4.78, 5) is 0. The van der Waals surface area contributed by atoms with Crippen molar-refractivity contribution < 1.29 is 173 Å². The number of ether oxygens (including phenoxy) is 1. The maximum atomic E-state index is 8.17. The van der Waals surface area contributed by atoms with Gasteiger partial charge in [0.15, 0.2) is 0 Å². The molecule has 0 aromatic rings. The molecule has 0 aromatic carbocycles. The van der Waals surface area contributed by atoms with Gasteiger partial charge < -0.3 is 173 Å². The average Bonchev–Trinajstić information content (AvgIpc) is 3.65. The predicted octanol–water partition coefficient (Wildman–Crippen LogP) is -7.94. The van der Waals surface area contributed by atoms with E-state index in [0.29, 0.717) is 0 Å². The van der Waals surface area contributed by atoms with E-state index in [1.807, 2.05) is 0 Å². The van der Waals surface area contributed by atoms with Gasteiger partial charge in [-0.3, -0.25) is 0 Å². The Bertz CT molecular complexity index is 872. The SMILES string of the molecule is CCCCCCCCCCCCCCOCCCCCCCCCCCCCC.OCC(O)CO.OCC(O)CO.OCC(O)CO.OCC(O)CO.OCC(O)CO.OCC(O)CO.OCC(O)CO.OCC(O)CO.OCC(O)CO.OCC(O)CO.OCC(O)CO. The van der Waals surface area contributed by atoms with Gasteiger partial charge in [-0.1, -0.05) is 155 Å². The summed E-state index contributed by atoms with van der Waals surface area (Å²) in [5.41, 5.74) is 0. The van der Waals surface area contributed by atoms with Gasteiger partial charge >= 0.3 is 0 Å². The van der Waals surface area contributed by atoms with Crippen molar-refractivity contribution in [1.82, 2.24) is 0 Å². The van der Waals surface area contributed by atoms with Crippen molar-refractivity contribution in [3.8, 4) is 0 Å². The fourth-order valence-electron chi connectivity index (χ4n) is 4.83. The second-order valence-electron chi connectivity index (χ2n) is 20.6. The normalized spacial score (nSPS) is 10.4. The van der Waals surface area contributed by atoms with Crippen LogP contribution < -0.4 is 0 Å². The van der Waals surface area contributed by atoms with Crippen molar-refractivity contribution in [2.24, 2.45) is 0 Å². The number of rotatable bonds is 48. The Kier molecular flexibility index (Phi) is 152. The zero-order chi connectivity index (χ0) is 76.0. The van der Waals surface area contributed by atoms with Crippen LogP contribution in [0.15, 0.2) is 0 Å². The molecule has 0 radical (unpaired) electrons. The Balaban J connectivity index is -0.0000000865. The first-order valence-electron chi connectivity index (χ1n) is 32.8. The smallest absolute Gasteiger partial charge is 0.100 e. The van der Waals surface area contributed by atoms with Gasteiger partial charge in [-0.15, -0.1) is 0 Å². The molecule has 0 fully saturated rings. The summed E-state index contributed by atoms with van der Waals surface area (Å²) in [7, 11) is 0. The molecule has 0 saturated carbocycles. The van der Waals surface area contributed by atoms with E-state index in [2.05, 4.69) is 13.8 Å². The summed E-state index contributed by atoms with van der Waals surface area (Å²) >= 11 is 0. The van der Waals surface area contributed by atoms with E-state index in [0.717, 1.165) is 13.2 Å². The van der Waals surface area contributed by atoms with Crippen LogP contribution in [-0.4, -0.2) is 394 Å². The fourth-order valence-corrected chi connectivity index (χ4v) is 4.83. The van der Waals surface area contributed by atoms with Crippen molar-refractivity contribution in [3.05, 3.63) is 0 Å². The molecule has 0 aromatic heterocycles. The summed E-state index contributed by atoms with van der Waals surface area (Å²) in [6.45, 7) is -1.44. The summed E-state index contributed by atoms with van der Waals surface area (Å²) in [5.74, 6) is 0. The Labute approximate surface area is 565 Å². The second-order valence-corrected chi connectivity index (χ2v) is 20.6. The lowest BCUT2D eigenvalue weighted by Gasteiger charge is -2.05. The highest BCUT2D eigenvalue weighted by atomic mass is 16.5. The molecule has 33 N–H and O–H groups in total. The molecule has 34 heteroatoms. The third-order valence-corrected chi connectivity index (χ3v) is 10.9. The van der Waals surface area contributed by atoms with Crippen molar-refractivity contribution in [1.29, 1.82) is 0 Å². The van der Waals surface area contributed by atoms with Gasteiger partial charge in [-0.2, -0.15) is 0 Å². The molecule has 0 aliphatic rings. The molecule has 0 unspecified atom stereocenters. The zero-order valence-electron chi connectivity index (χ0n) is 57.5. The van der Waals surface area contributed by atoms with Crippen molar-refractivity contribution in [2.75, 3.05) is 159 Å². The van der Waals surface area contributed by atoms with Crippen LogP contribution in [0.1, 0.15) is 168 Å². The molecular weight excluding hydrogens is 1280 g/mol. The molecule has 594 valence electrons. The molecular formula is C61H146O34. The highest BCUT2D eigenvalue weighted by Crippen LogP contribution is 2.13. The van der Waals surface area contributed by atoms with Crippen LogP contribution in [0.4, 0.5) is 0 Å². The molecule has 0 aliphatic heterocycles. The van der Waals surface area contributed by atoms with E-state index in [4.69, 9.17) is 173 Å². The molecule has 0 rings (SSSR count). The van der Waals surface area contributed by atoms with E-state index in [1.165, 1.54) is 154 Å². The van der Waals surface area contributed by atoms with Crippen LogP contribution in [0.5, 0.6) is 0 Å². The lowest BCUT2D eigenvalue weighted by molar-refractivity contribution is 0.0450. The van der Waals surface area contributed by atoms with E-state index in [9.17, 15) is 0 Å². The first-order chi connectivity index (χ1) is 45.3. The van der Waals surface area contributed by atoms with Crippen LogP contribution >= 0.6 is 0 Å². The fraction of sp³-hybridized carbons (Fsp3) is 1.00. The van der Waals surface area contributed by atoms with Gasteiger partial charge in [0.05, 0.1) is 145 Å². The Morgan fingerprint density at radius 1 is 0.147 bits per heavy atom. The van der Waals surface area contributed by atoms with Gasteiger partial charge in [0, 0.05) is 13.2 Å². The highest BCUT2D eigenvalue weighted by molar-refractivity contribution is 4.53. The minimum absolute atomic E-state index is 0.365. The van der Waals surface area contributed by atoms with Crippen LogP contribution in [0.25, 0.3) is 0 Å². The average molecular weight is 1420 g/mol. The van der Waals surface area contributed by atoms with E-state index in [1.54, 1.807) is 0 Å². The lowest BCUT2D eigenvalue weighted by Crippen LogP contribution is -2.15. The summed E-state index contributed by atoms with van der Waals surface area (Å²) in [6.07, 6.45) is 23.6. The van der Waals surface area contributed by atoms with Gasteiger partial charge in [0.1, 0.15) is 67.1 Å². The molecule has 0 heterocycles. The molecule has 0 spiro atoms. The van der Waals surface area contributed by atoms with Crippen LogP contribution in [0.3, 0.4) is 0 Å². The topological polar surface area (TPSA) is 677 Å². The number of aliphatic hydroxyl groups is 33. The molecule has 34 nitrogen and oxygen atoms in total. The van der Waals surface area contributed by atoms with E-state index in [-0.39, 0.29) is 145 Å². The maximum absolute atomic E-state index is 8.17. The van der Waals surface area contributed by atoms with Crippen molar-refractivity contribution >= 4 is 0 Å². The van der Waals surface area contributed by atoms with Gasteiger partial charge in [-0.05, 0) is 12.8 Å². The molecule has 0 amide bonds. The number of hydrogen-bond acceptors (Lipinski definition) is 34.